The number of halogens is 1. The average molecular weight is 306 g/mol. The van der Waals surface area contributed by atoms with Crippen molar-refractivity contribution in [1.29, 1.82) is 0 Å². The van der Waals surface area contributed by atoms with Crippen LogP contribution < -0.4 is 5.73 Å². The summed E-state index contributed by atoms with van der Waals surface area (Å²) in [6.07, 6.45) is 1.93. The minimum absolute atomic E-state index is 0.254. The second-order valence-corrected chi connectivity index (χ2v) is 5.60. The van der Waals surface area contributed by atoms with Crippen LogP contribution >= 0.6 is 15.9 Å². The number of aromatic nitrogens is 2. The zero-order valence-corrected chi connectivity index (χ0v) is 11.9. The molecule has 0 saturated heterocycles. The summed E-state index contributed by atoms with van der Waals surface area (Å²) < 4.78 is 3.16. The number of imidazole rings is 1. The number of fused-ring (bicyclic) bond motifs is 1. The van der Waals surface area contributed by atoms with Gasteiger partial charge in [-0.15, -0.1) is 0 Å². The SMILES string of the molecule is Cc1ccccc1-c1nc(Br)n2c1CC(N)CC2. The van der Waals surface area contributed by atoms with E-state index in [0.717, 1.165) is 29.8 Å². The molecule has 2 aromatic rings. The molecule has 1 aromatic carbocycles. The van der Waals surface area contributed by atoms with Gasteiger partial charge in [-0.2, -0.15) is 0 Å². The van der Waals surface area contributed by atoms with Crippen LogP contribution in [0.25, 0.3) is 11.3 Å². The average Bonchev–Trinajstić information content (AvgIpc) is 2.67. The summed E-state index contributed by atoms with van der Waals surface area (Å²) in [5.41, 5.74) is 10.9. The third-order valence-corrected chi connectivity index (χ3v) is 4.21. The highest BCUT2D eigenvalue weighted by Gasteiger charge is 2.23. The monoisotopic (exact) mass is 305 g/mol. The second-order valence-electron chi connectivity index (χ2n) is 4.90. The topological polar surface area (TPSA) is 43.8 Å². The fourth-order valence-corrected chi connectivity index (χ4v) is 3.16. The molecule has 0 aliphatic carbocycles. The molecule has 2 N–H and O–H groups in total. The molecule has 2 heterocycles. The molecule has 1 aliphatic rings. The normalized spacial score (nSPS) is 18.7. The van der Waals surface area contributed by atoms with E-state index >= 15 is 0 Å². The third-order valence-electron chi connectivity index (χ3n) is 3.61. The number of rotatable bonds is 1. The maximum atomic E-state index is 6.09. The van der Waals surface area contributed by atoms with Crippen LogP contribution in [0.1, 0.15) is 17.7 Å². The van der Waals surface area contributed by atoms with E-state index in [2.05, 4.69) is 56.7 Å². The standard InChI is InChI=1S/C14H16BrN3/c1-9-4-2-3-5-11(9)13-12-8-10(16)6-7-18(12)14(15)17-13/h2-5,10H,6-8,16H2,1H3. The Bertz CT molecular complexity index is 589. The molecule has 3 nitrogen and oxygen atoms in total. The second kappa shape index (κ2) is 4.52. The Hall–Kier alpha value is -1.13. The molecule has 1 aromatic heterocycles. The maximum absolute atomic E-state index is 6.09. The zero-order chi connectivity index (χ0) is 12.7. The first-order valence-corrected chi connectivity index (χ1v) is 7.02. The van der Waals surface area contributed by atoms with Crippen LogP contribution in [0.4, 0.5) is 0 Å². The summed E-state index contributed by atoms with van der Waals surface area (Å²) in [5.74, 6) is 0. The Morgan fingerprint density at radius 2 is 2.17 bits per heavy atom. The Morgan fingerprint density at radius 1 is 1.39 bits per heavy atom. The van der Waals surface area contributed by atoms with E-state index in [1.165, 1.54) is 16.8 Å². The van der Waals surface area contributed by atoms with Gasteiger partial charge in [-0.05, 0) is 34.8 Å². The Balaban J connectivity index is 2.17. The molecule has 0 radical (unpaired) electrons. The van der Waals surface area contributed by atoms with Gasteiger partial charge in [0.1, 0.15) is 0 Å². The lowest BCUT2D eigenvalue weighted by molar-refractivity contribution is 0.467. The summed E-state index contributed by atoms with van der Waals surface area (Å²) in [4.78, 5) is 4.68. The molecular weight excluding hydrogens is 290 g/mol. The lowest BCUT2D eigenvalue weighted by Crippen LogP contribution is -2.30. The van der Waals surface area contributed by atoms with Crippen molar-refractivity contribution in [3.8, 4) is 11.3 Å². The summed E-state index contributed by atoms with van der Waals surface area (Å²) in [7, 11) is 0. The predicted octanol–water partition coefficient (Wildman–Crippen LogP) is 2.89. The van der Waals surface area contributed by atoms with E-state index in [0.29, 0.717) is 0 Å². The van der Waals surface area contributed by atoms with Gasteiger partial charge in [0.05, 0.1) is 5.69 Å². The molecule has 94 valence electrons. The highest BCUT2D eigenvalue weighted by molar-refractivity contribution is 9.10. The highest BCUT2D eigenvalue weighted by Crippen LogP contribution is 2.32. The van der Waals surface area contributed by atoms with E-state index in [1.54, 1.807) is 0 Å². The molecule has 1 atom stereocenters. The van der Waals surface area contributed by atoms with Crippen molar-refractivity contribution in [1.82, 2.24) is 9.55 Å². The first-order chi connectivity index (χ1) is 8.66. The van der Waals surface area contributed by atoms with E-state index in [-0.39, 0.29) is 6.04 Å². The smallest absolute Gasteiger partial charge is 0.177 e. The van der Waals surface area contributed by atoms with Gasteiger partial charge in [0.15, 0.2) is 4.73 Å². The predicted molar refractivity (Wildman–Crippen MR) is 76.4 cm³/mol. The Kier molecular flexibility index (Phi) is 2.99. The molecule has 0 saturated carbocycles. The van der Waals surface area contributed by atoms with E-state index in [9.17, 15) is 0 Å². The van der Waals surface area contributed by atoms with Crippen LogP contribution in [0, 0.1) is 6.92 Å². The highest BCUT2D eigenvalue weighted by atomic mass is 79.9. The van der Waals surface area contributed by atoms with Crippen molar-refractivity contribution in [2.75, 3.05) is 0 Å². The van der Waals surface area contributed by atoms with Crippen LogP contribution in [-0.4, -0.2) is 15.6 Å². The number of hydrogen-bond acceptors (Lipinski definition) is 2. The number of hydrogen-bond donors (Lipinski definition) is 1. The van der Waals surface area contributed by atoms with E-state index in [4.69, 9.17) is 5.73 Å². The van der Waals surface area contributed by atoms with Crippen LogP contribution in [-0.2, 0) is 13.0 Å². The van der Waals surface area contributed by atoms with Crippen LogP contribution in [0.5, 0.6) is 0 Å². The fraction of sp³-hybridized carbons (Fsp3) is 0.357. The van der Waals surface area contributed by atoms with Gasteiger partial charge >= 0.3 is 0 Å². The fourth-order valence-electron chi connectivity index (χ4n) is 2.59. The lowest BCUT2D eigenvalue weighted by atomic mass is 9.98. The van der Waals surface area contributed by atoms with Gasteiger partial charge in [-0.1, -0.05) is 24.3 Å². The molecule has 0 fully saturated rings. The quantitative estimate of drug-likeness (QED) is 0.880. The Labute approximate surface area is 115 Å². The van der Waals surface area contributed by atoms with Gasteiger partial charge in [-0.25, -0.2) is 4.98 Å². The molecule has 3 rings (SSSR count). The van der Waals surface area contributed by atoms with Crippen molar-refractivity contribution in [3.63, 3.8) is 0 Å². The number of aryl methyl sites for hydroxylation is 1. The third kappa shape index (κ3) is 1.89. The van der Waals surface area contributed by atoms with E-state index < -0.39 is 0 Å². The number of nitrogens with two attached hydrogens (primary N) is 1. The van der Waals surface area contributed by atoms with Gasteiger partial charge in [0, 0.05) is 30.3 Å². The van der Waals surface area contributed by atoms with Crippen LogP contribution in [0.3, 0.4) is 0 Å². The molecule has 0 spiro atoms. The minimum atomic E-state index is 0.254. The molecule has 18 heavy (non-hydrogen) atoms. The molecular formula is C14H16BrN3. The summed E-state index contributed by atoms with van der Waals surface area (Å²) in [6, 6.07) is 8.62. The number of nitrogens with zero attached hydrogens (tertiary/aromatic N) is 2. The van der Waals surface area contributed by atoms with Gasteiger partial charge in [0.2, 0.25) is 0 Å². The Morgan fingerprint density at radius 3 is 2.94 bits per heavy atom. The van der Waals surface area contributed by atoms with Crippen LogP contribution in [0.2, 0.25) is 0 Å². The van der Waals surface area contributed by atoms with Gasteiger partial charge < -0.3 is 10.3 Å². The van der Waals surface area contributed by atoms with Crippen LogP contribution in [0.15, 0.2) is 29.0 Å². The van der Waals surface area contributed by atoms with Gasteiger partial charge in [-0.3, -0.25) is 0 Å². The van der Waals surface area contributed by atoms with Crippen molar-refractivity contribution in [2.45, 2.75) is 32.4 Å². The van der Waals surface area contributed by atoms with Crippen molar-refractivity contribution in [3.05, 3.63) is 40.3 Å². The minimum Gasteiger partial charge on any atom is -0.327 e. The molecule has 4 heteroatoms. The lowest BCUT2D eigenvalue weighted by Gasteiger charge is -2.22. The zero-order valence-electron chi connectivity index (χ0n) is 10.4. The van der Waals surface area contributed by atoms with Gasteiger partial charge in [0.25, 0.3) is 0 Å². The maximum Gasteiger partial charge on any atom is 0.177 e. The number of benzene rings is 1. The van der Waals surface area contributed by atoms with Crippen molar-refractivity contribution in [2.24, 2.45) is 5.73 Å². The van der Waals surface area contributed by atoms with Crippen molar-refractivity contribution < 1.29 is 0 Å². The first-order valence-electron chi connectivity index (χ1n) is 6.23. The largest absolute Gasteiger partial charge is 0.327 e. The summed E-state index contributed by atoms with van der Waals surface area (Å²) in [6.45, 7) is 3.08. The van der Waals surface area contributed by atoms with E-state index in [1.807, 2.05) is 0 Å². The summed E-state index contributed by atoms with van der Waals surface area (Å²) >= 11 is 3.56. The molecule has 0 amide bonds. The first kappa shape index (κ1) is 11.9. The molecule has 1 unspecified atom stereocenters. The summed E-state index contributed by atoms with van der Waals surface area (Å²) in [5, 5.41) is 0. The van der Waals surface area contributed by atoms with Crippen molar-refractivity contribution >= 4 is 15.9 Å². The molecule has 1 aliphatic heterocycles. The molecule has 0 bridgehead atoms.